The zero-order valence-corrected chi connectivity index (χ0v) is 16.2. The molecule has 1 atom stereocenters. The maximum absolute atomic E-state index is 12.8. The summed E-state index contributed by atoms with van der Waals surface area (Å²) in [6, 6.07) is 11.0. The molecule has 9 heteroatoms. The van der Waals surface area contributed by atoms with E-state index in [1.54, 1.807) is 24.3 Å². The number of anilines is 2. The molecule has 0 radical (unpaired) electrons. The second-order valence-corrected chi connectivity index (χ2v) is 8.70. The predicted molar refractivity (Wildman–Crippen MR) is 103 cm³/mol. The van der Waals surface area contributed by atoms with E-state index in [-0.39, 0.29) is 23.8 Å². The fourth-order valence-electron chi connectivity index (χ4n) is 2.76. The Labute approximate surface area is 162 Å². The minimum absolute atomic E-state index is 0.0127. The molecule has 0 aliphatic carbocycles. The summed E-state index contributed by atoms with van der Waals surface area (Å²) in [6.07, 6.45) is -0.223. The van der Waals surface area contributed by atoms with Gasteiger partial charge in [0.15, 0.2) is 16.4 Å². The van der Waals surface area contributed by atoms with Gasteiger partial charge in [-0.3, -0.25) is 9.59 Å². The van der Waals surface area contributed by atoms with Crippen LogP contribution in [0.15, 0.2) is 47.4 Å². The van der Waals surface area contributed by atoms with Crippen LogP contribution in [0.25, 0.3) is 0 Å². The zero-order valence-electron chi connectivity index (χ0n) is 15.4. The highest BCUT2D eigenvalue weighted by Crippen LogP contribution is 2.31. The Bertz CT molecular complexity index is 1020. The molecule has 2 aromatic carbocycles. The molecule has 0 fully saturated rings. The van der Waals surface area contributed by atoms with Crippen LogP contribution in [0.2, 0.25) is 0 Å². The molecule has 0 saturated heterocycles. The molecule has 148 valence electrons. The van der Waals surface area contributed by atoms with Crippen molar-refractivity contribution in [1.29, 1.82) is 0 Å². The van der Waals surface area contributed by atoms with Gasteiger partial charge in [0.05, 0.1) is 22.9 Å². The number of methoxy groups -OCH3 is 1. The number of benzene rings is 2. The average Bonchev–Trinajstić information content (AvgIpc) is 2.67. The van der Waals surface area contributed by atoms with Crippen molar-refractivity contribution < 1.29 is 27.5 Å². The molecular weight excluding hydrogens is 384 g/mol. The van der Waals surface area contributed by atoms with Crippen molar-refractivity contribution in [2.75, 3.05) is 24.4 Å². The van der Waals surface area contributed by atoms with Gasteiger partial charge in [-0.05, 0) is 37.3 Å². The number of sulfone groups is 1. The van der Waals surface area contributed by atoms with Crippen molar-refractivity contribution >= 4 is 33.0 Å². The van der Waals surface area contributed by atoms with Gasteiger partial charge in [0.2, 0.25) is 5.91 Å². The first-order chi connectivity index (χ1) is 13.3. The van der Waals surface area contributed by atoms with Gasteiger partial charge in [0.1, 0.15) is 11.5 Å². The molecule has 0 unspecified atom stereocenters. The van der Waals surface area contributed by atoms with Crippen LogP contribution in [-0.4, -0.2) is 39.2 Å². The average molecular weight is 404 g/mol. The van der Waals surface area contributed by atoms with Crippen LogP contribution < -0.4 is 20.1 Å². The van der Waals surface area contributed by atoms with Crippen molar-refractivity contribution in [3.8, 4) is 11.5 Å². The zero-order chi connectivity index (χ0) is 20.3. The minimum atomic E-state index is -3.78. The van der Waals surface area contributed by atoms with E-state index in [9.17, 15) is 18.0 Å². The van der Waals surface area contributed by atoms with Crippen LogP contribution in [0.4, 0.5) is 11.4 Å². The Hall–Kier alpha value is -3.07. The molecule has 2 amide bonds. The van der Waals surface area contributed by atoms with Crippen molar-refractivity contribution in [1.82, 2.24) is 0 Å². The van der Waals surface area contributed by atoms with Crippen LogP contribution in [0.1, 0.15) is 13.3 Å². The lowest BCUT2D eigenvalue weighted by Crippen LogP contribution is -2.27. The second kappa shape index (κ2) is 7.89. The largest absolute Gasteiger partial charge is 0.497 e. The molecule has 28 heavy (non-hydrogen) atoms. The Morgan fingerprint density at radius 3 is 2.82 bits per heavy atom. The van der Waals surface area contributed by atoms with Crippen molar-refractivity contribution in [3.05, 3.63) is 42.5 Å². The van der Waals surface area contributed by atoms with Gasteiger partial charge in [-0.1, -0.05) is 6.07 Å². The lowest BCUT2D eigenvalue weighted by atomic mass is 10.2. The summed E-state index contributed by atoms with van der Waals surface area (Å²) in [6.45, 7) is 1.36. The summed E-state index contributed by atoms with van der Waals surface area (Å²) in [5.74, 6) is 0.199. The Morgan fingerprint density at radius 1 is 1.29 bits per heavy atom. The highest BCUT2D eigenvalue weighted by molar-refractivity contribution is 7.92. The second-order valence-electron chi connectivity index (χ2n) is 6.33. The van der Waals surface area contributed by atoms with E-state index in [1.165, 1.54) is 32.2 Å². The number of hydrogen-bond donors (Lipinski definition) is 2. The maximum Gasteiger partial charge on any atom is 0.262 e. The summed E-state index contributed by atoms with van der Waals surface area (Å²) in [4.78, 5) is 23.7. The third-order valence-electron chi connectivity index (χ3n) is 4.27. The Morgan fingerprint density at radius 2 is 2.07 bits per heavy atom. The van der Waals surface area contributed by atoms with E-state index in [0.29, 0.717) is 22.9 Å². The number of carbonyl (C=O) groups is 2. The van der Waals surface area contributed by atoms with E-state index in [2.05, 4.69) is 10.6 Å². The van der Waals surface area contributed by atoms with Gasteiger partial charge in [0, 0.05) is 18.2 Å². The fraction of sp³-hybridized carbons (Fsp3) is 0.263. The minimum Gasteiger partial charge on any atom is -0.497 e. The summed E-state index contributed by atoms with van der Waals surface area (Å²) < 4.78 is 36.0. The number of nitrogens with one attached hydrogen (secondary N) is 2. The Kier molecular flexibility index (Phi) is 5.55. The molecule has 0 spiro atoms. The van der Waals surface area contributed by atoms with Gasteiger partial charge < -0.3 is 20.1 Å². The number of amides is 2. The summed E-state index contributed by atoms with van der Waals surface area (Å²) in [5, 5.41) is 4.28. The van der Waals surface area contributed by atoms with Crippen LogP contribution in [-0.2, 0) is 19.4 Å². The number of hydrogen-bond acceptors (Lipinski definition) is 6. The molecular formula is C19H20N2O6S. The highest BCUT2D eigenvalue weighted by atomic mass is 32.2. The predicted octanol–water partition coefficient (Wildman–Crippen LogP) is 2.22. The van der Waals surface area contributed by atoms with Crippen molar-refractivity contribution in [2.45, 2.75) is 23.5 Å². The smallest absolute Gasteiger partial charge is 0.262 e. The van der Waals surface area contributed by atoms with Crippen LogP contribution in [0.3, 0.4) is 0 Å². The van der Waals surface area contributed by atoms with E-state index < -0.39 is 21.0 Å². The van der Waals surface area contributed by atoms with E-state index in [4.69, 9.17) is 9.47 Å². The Balaban J connectivity index is 1.72. The lowest BCUT2D eigenvalue weighted by Gasteiger charge is -2.19. The van der Waals surface area contributed by atoms with E-state index >= 15 is 0 Å². The third-order valence-corrected chi connectivity index (χ3v) is 6.41. The fourth-order valence-corrected chi connectivity index (χ4v) is 4.13. The first kappa shape index (κ1) is 19.7. The first-order valence-corrected chi connectivity index (χ1v) is 10.1. The molecule has 0 aromatic heterocycles. The maximum atomic E-state index is 12.8. The molecule has 3 rings (SSSR count). The van der Waals surface area contributed by atoms with E-state index in [0.717, 1.165) is 0 Å². The quantitative estimate of drug-likeness (QED) is 0.764. The van der Waals surface area contributed by atoms with Crippen LogP contribution in [0, 0.1) is 0 Å². The van der Waals surface area contributed by atoms with Gasteiger partial charge >= 0.3 is 0 Å². The van der Waals surface area contributed by atoms with Crippen molar-refractivity contribution in [3.63, 3.8) is 0 Å². The van der Waals surface area contributed by atoms with Gasteiger partial charge in [-0.25, -0.2) is 8.42 Å². The third kappa shape index (κ3) is 4.25. The topological polar surface area (TPSA) is 111 Å². The van der Waals surface area contributed by atoms with E-state index in [1.807, 2.05) is 0 Å². The lowest BCUT2D eigenvalue weighted by molar-refractivity contribution is -0.118. The monoisotopic (exact) mass is 404 g/mol. The molecule has 2 N–H and O–H groups in total. The summed E-state index contributed by atoms with van der Waals surface area (Å²) >= 11 is 0. The molecule has 1 aliphatic rings. The van der Waals surface area contributed by atoms with Gasteiger partial charge in [0.25, 0.3) is 5.91 Å². The first-order valence-electron chi connectivity index (χ1n) is 8.54. The standard InChI is InChI=1S/C19H20N2O6S/c1-12(8-18(22)20-13-4-3-5-14(9-13)26-2)28(24,25)15-6-7-17-16(10-15)21-19(23)11-27-17/h3-7,9-10,12H,8,11H2,1-2H3,(H,20,22)(H,21,23)/t12-/m1/s1. The number of carbonyl (C=O) groups excluding carboxylic acids is 2. The normalized spacial score (nSPS) is 14.3. The molecule has 2 aromatic rings. The van der Waals surface area contributed by atoms with Gasteiger partial charge in [-0.2, -0.15) is 0 Å². The molecule has 8 nitrogen and oxygen atoms in total. The number of ether oxygens (including phenoxy) is 2. The van der Waals surface area contributed by atoms with Crippen LogP contribution in [0.5, 0.6) is 11.5 Å². The molecule has 1 aliphatic heterocycles. The molecule has 0 bridgehead atoms. The van der Waals surface area contributed by atoms with Gasteiger partial charge in [-0.15, -0.1) is 0 Å². The highest BCUT2D eigenvalue weighted by Gasteiger charge is 2.28. The number of fused-ring (bicyclic) bond motifs is 1. The van der Waals surface area contributed by atoms with Crippen molar-refractivity contribution in [2.24, 2.45) is 0 Å². The molecule has 1 heterocycles. The summed E-state index contributed by atoms with van der Waals surface area (Å²) in [5.41, 5.74) is 0.813. The molecule has 0 saturated carbocycles. The summed E-state index contributed by atoms with van der Waals surface area (Å²) in [7, 11) is -2.27. The SMILES string of the molecule is COc1cccc(NC(=O)C[C@@H](C)S(=O)(=O)c2ccc3c(c2)NC(=O)CO3)c1. The number of rotatable bonds is 6. The van der Waals surface area contributed by atoms with Crippen LogP contribution >= 0.6 is 0 Å².